The summed E-state index contributed by atoms with van der Waals surface area (Å²) in [7, 11) is 0. The van der Waals surface area contributed by atoms with Gasteiger partial charge in [-0.15, -0.1) is 0 Å². The number of carbonyl (C=O) groups excluding carboxylic acids is 4. The summed E-state index contributed by atoms with van der Waals surface area (Å²) in [4.78, 5) is 52.9. The second-order valence-electron chi connectivity index (χ2n) is 13.1. The van der Waals surface area contributed by atoms with Gasteiger partial charge in [0.1, 0.15) is 6.04 Å². The second-order valence-corrected chi connectivity index (χ2v) is 14.4. The maximum Gasteiger partial charge on any atom is 0.315 e. The van der Waals surface area contributed by atoms with Crippen molar-refractivity contribution in [2.75, 3.05) is 18.8 Å². The number of azide groups is 1. The van der Waals surface area contributed by atoms with Crippen LogP contribution in [-0.2, 0) is 20.8 Å². The van der Waals surface area contributed by atoms with Crippen molar-refractivity contribution in [2.24, 2.45) is 17.0 Å². The van der Waals surface area contributed by atoms with Crippen LogP contribution in [0.2, 0.25) is 0 Å². The van der Waals surface area contributed by atoms with Crippen molar-refractivity contribution < 1.29 is 29.4 Å². The first-order chi connectivity index (χ1) is 23.0. The summed E-state index contributed by atoms with van der Waals surface area (Å²) < 4.78 is 0. The molecule has 0 aliphatic carbocycles. The molecule has 2 aliphatic rings. The highest BCUT2D eigenvalue weighted by Crippen LogP contribution is 2.33. The molecule has 7 N–H and O–H groups in total. The zero-order chi connectivity index (χ0) is 34.9. The van der Waals surface area contributed by atoms with Crippen LogP contribution in [0.4, 0.5) is 10.5 Å². The molecule has 2 aliphatic heterocycles. The Morgan fingerprint density at radius 2 is 1.69 bits per heavy atom. The number of nitrogens with zero attached hydrogens (tertiary/aromatic N) is 3. The molecule has 266 valence electrons. The van der Waals surface area contributed by atoms with Crippen molar-refractivity contribution in [1.82, 2.24) is 26.6 Å². The van der Waals surface area contributed by atoms with Crippen molar-refractivity contribution in [2.45, 2.75) is 114 Å². The van der Waals surface area contributed by atoms with E-state index in [1.807, 2.05) is 25.6 Å². The van der Waals surface area contributed by atoms with E-state index < -0.39 is 24.2 Å². The summed E-state index contributed by atoms with van der Waals surface area (Å²) in [6.45, 7) is 4.92. The van der Waals surface area contributed by atoms with E-state index in [1.54, 1.807) is 24.3 Å². The molecule has 14 nitrogen and oxygen atoms in total. The predicted molar refractivity (Wildman–Crippen MR) is 185 cm³/mol. The van der Waals surface area contributed by atoms with Gasteiger partial charge in [-0.05, 0) is 49.1 Å². The molecule has 5 atom stereocenters. The van der Waals surface area contributed by atoms with E-state index in [9.17, 15) is 29.4 Å². The number of hydrogen-bond donors (Lipinski definition) is 7. The summed E-state index contributed by atoms with van der Waals surface area (Å²) in [5.74, 6) is -0.267. The molecule has 1 aromatic carbocycles. The minimum absolute atomic E-state index is 0.0553. The number of amides is 5. The third-order valence-corrected chi connectivity index (χ3v) is 10.1. The summed E-state index contributed by atoms with van der Waals surface area (Å²) in [6, 6.07) is 6.21. The first-order valence-electron chi connectivity index (χ1n) is 17.1. The van der Waals surface area contributed by atoms with Gasteiger partial charge in [-0.25, -0.2) is 4.79 Å². The maximum atomic E-state index is 13.2. The number of fused-ring (bicyclic) bond motifs is 1. The molecule has 1 aromatic rings. The SMILES string of the molecule is CC(C)CC(CC(O)O)C(=O)NC(Cc1ccc(N=[N+]=[N-])cc1)C(=O)NCCCCCCNC(=O)CCCCC1SCC2NC(=O)NC21. The zero-order valence-corrected chi connectivity index (χ0v) is 28.8. The van der Waals surface area contributed by atoms with Crippen molar-refractivity contribution in [3.05, 3.63) is 40.3 Å². The second kappa shape index (κ2) is 20.8. The Hall–Kier alpha value is -3.52. The lowest BCUT2D eigenvalue weighted by molar-refractivity contribution is -0.134. The molecule has 15 heteroatoms. The van der Waals surface area contributed by atoms with Crippen molar-refractivity contribution >= 4 is 41.2 Å². The molecule has 5 amide bonds. The molecule has 5 unspecified atom stereocenters. The molecule has 2 heterocycles. The monoisotopic (exact) mass is 688 g/mol. The molecular weight excluding hydrogens is 636 g/mol. The zero-order valence-electron chi connectivity index (χ0n) is 28.0. The predicted octanol–water partition coefficient (Wildman–Crippen LogP) is 3.54. The number of aliphatic hydroxyl groups excluding tert-OH is 1. The average Bonchev–Trinajstić information content (AvgIpc) is 3.59. The van der Waals surface area contributed by atoms with E-state index in [4.69, 9.17) is 5.53 Å². The molecule has 48 heavy (non-hydrogen) atoms. The van der Waals surface area contributed by atoms with Gasteiger partial charge in [0.05, 0.1) is 12.1 Å². The molecule has 2 saturated heterocycles. The maximum absolute atomic E-state index is 13.2. The fraction of sp³-hybridized carbons (Fsp3) is 0.697. The Balaban J connectivity index is 1.34. The number of nitrogens with one attached hydrogen (secondary N) is 5. The quantitative estimate of drug-likeness (QED) is 0.0240. The van der Waals surface area contributed by atoms with E-state index in [1.165, 1.54) is 0 Å². The molecular formula is C33H52N8O6S. The molecule has 3 rings (SSSR count). The Labute approximate surface area is 287 Å². The van der Waals surface area contributed by atoms with Crippen molar-refractivity contribution in [1.29, 1.82) is 0 Å². The van der Waals surface area contributed by atoms with Gasteiger partial charge >= 0.3 is 6.03 Å². The molecule has 0 bridgehead atoms. The van der Waals surface area contributed by atoms with Crippen LogP contribution in [-0.4, -0.2) is 82.5 Å². The van der Waals surface area contributed by atoms with Crippen LogP contribution >= 0.6 is 11.8 Å². The van der Waals surface area contributed by atoms with Crippen molar-refractivity contribution in [3.8, 4) is 0 Å². The molecule has 0 spiro atoms. The number of carbonyl (C=O) groups is 4. The van der Waals surface area contributed by atoms with Gasteiger partial charge in [-0.3, -0.25) is 14.4 Å². The van der Waals surface area contributed by atoms with Crippen LogP contribution in [0.15, 0.2) is 29.4 Å². The Kier molecular flexibility index (Phi) is 16.8. The van der Waals surface area contributed by atoms with E-state index in [0.29, 0.717) is 36.9 Å². The largest absolute Gasteiger partial charge is 0.368 e. The number of unbranched alkanes of at least 4 members (excludes halogenated alkanes) is 4. The summed E-state index contributed by atoms with van der Waals surface area (Å²) in [6.07, 6.45) is 5.50. The highest BCUT2D eigenvalue weighted by molar-refractivity contribution is 8.00. The number of thioether (sulfide) groups is 1. The van der Waals surface area contributed by atoms with Crippen LogP contribution in [0.1, 0.15) is 83.6 Å². The third kappa shape index (κ3) is 13.9. The van der Waals surface area contributed by atoms with Gasteiger partial charge in [0.2, 0.25) is 17.7 Å². The lowest BCUT2D eigenvalue weighted by atomic mass is 9.92. The molecule has 2 fully saturated rings. The van der Waals surface area contributed by atoms with E-state index in [2.05, 4.69) is 36.6 Å². The Morgan fingerprint density at radius 3 is 2.35 bits per heavy atom. The van der Waals surface area contributed by atoms with E-state index in [0.717, 1.165) is 56.3 Å². The lowest BCUT2D eigenvalue weighted by Gasteiger charge is -2.24. The molecule has 0 aromatic heterocycles. The summed E-state index contributed by atoms with van der Waals surface area (Å²) in [5.41, 5.74) is 9.85. The number of rotatable bonds is 22. The topological polar surface area (TPSA) is 218 Å². The fourth-order valence-electron chi connectivity index (χ4n) is 6.15. The summed E-state index contributed by atoms with van der Waals surface area (Å²) in [5, 5.41) is 37.7. The van der Waals surface area contributed by atoms with Gasteiger partial charge in [-0.2, -0.15) is 11.8 Å². The van der Waals surface area contributed by atoms with Crippen LogP contribution in [0, 0.1) is 11.8 Å². The van der Waals surface area contributed by atoms with Gasteiger partial charge < -0.3 is 36.8 Å². The normalized spacial score (nSPS) is 19.5. The number of hydrogen-bond acceptors (Lipinski definition) is 8. The van der Waals surface area contributed by atoms with Crippen LogP contribution in [0.3, 0.4) is 0 Å². The minimum Gasteiger partial charge on any atom is -0.368 e. The molecule has 0 radical (unpaired) electrons. The van der Waals surface area contributed by atoms with Crippen LogP contribution < -0.4 is 26.6 Å². The Bertz CT molecular complexity index is 1230. The average molecular weight is 689 g/mol. The van der Waals surface area contributed by atoms with Gasteiger partial charge in [-0.1, -0.05) is 62.5 Å². The van der Waals surface area contributed by atoms with E-state index in [-0.39, 0.29) is 48.7 Å². The Morgan fingerprint density at radius 1 is 0.979 bits per heavy atom. The number of benzene rings is 1. The van der Waals surface area contributed by atoms with Gasteiger partial charge in [0.15, 0.2) is 6.29 Å². The minimum atomic E-state index is -1.63. The van der Waals surface area contributed by atoms with Crippen LogP contribution in [0.5, 0.6) is 0 Å². The van der Waals surface area contributed by atoms with Crippen LogP contribution in [0.25, 0.3) is 10.4 Å². The number of aliphatic hydroxyl groups is 2. The first kappa shape index (κ1) is 38.9. The standard InChI is InChI=1S/C33H52N8O6S/c1-21(2)17-23(19-29(43)44)31(45)37-25(18-22-11-13-24(14-12-22)40-41-34)32(46)36-16-8-4-3-7-15-35-28(42)10-6-5-9-27-30-26(20-48-27)38-33(47)39-30/h11-14,21,23,25-27,29-30,43-44H,3-10,15-20H2,1-2H3,(H,35,42)(H,36,46)(H,37,45)(H2,38,39,47). The fourth-order valence-corrected chi connectivity index (χ4v) is 7.69. The number of urea groups is 1. The smallest absolute Gasteiger partial charge is 0.315 e. The third-order valence-electron chi connectivity index (χ3n) is 8.60. The van der Waals surface area contributed by atoms with E-state index >= 15 is 0 Å². The van der Waals surface area contributed by atoms with Gasteiger partial charge in [0.25, 0.3) is 0 Å². The first-order valence-corrected chi connectivity index (χ1v) is 18.1. The molecule has 0 saturated carbocycles. The van der Waals surface area contributed by atoms with Gasteiger partial charge in [0, 0.05) is 59.9 Å². The van der Waals surface area contributed by atoms with Crippen molar-refractivity contribution in [3.63, 3.8) is 0 Å². The summed E-state index contributed by atoms with van der Waals surface area (Å²) >= 11 is 1.89. The highest BCUT2D eigenvalue weighted by atomic mass is 32.2. The lowest BCUT2D eigenvalue weighted by Crippen LogP contribution is -2.50. The highest BCUT2D eigenvalue weighted by Gasteiger charge is 2.42.